The van der Waals surface area contributed by atoms with Crippen LogP contribution in [0.15, 0.2) is 60.7 Å². The van der Waals surface area contributed by atoms with E-state index in [-0.39, 0.29) is 45.9 Å². The van der Waals surface area contributed by atoms with Gasteiger partial charge in [0, 0.05) is 31.3 Å². The van der Waals surface area contributed by atoms with Gasteiger partial charge in [-0.15, -0.1) is 0 Å². The van der Waals surface area contributed by atoms with E-state index in [2.05, 4.69) is 10.6 Å². The Morgan fingerprint density at radius 3 is 2.34 bits per heavy atom. The number of carbonyl (C=O) groups is 3. The minimum absolute atomic E-state index is 0.0311. The first kappa shape index (κ1) is 27.1. The molecule has 0 aliphatic carbocycles. The zero-order valence-corrected chi connectivity index (χ0v) is 21.0. The van der Waals surface area contributed by atoms with Crippen LogP contribution in [0.3, 0.4) is 0 Å². The van der Waals surface area contributed by atoms with Crippen LogP contribution < -0.4 is 15.4 Å². The molecule has 0 saturated carbocycles. The first-order valence-corrected chi connectivity index (χ1v) is 11.9. The number of phenolic OH excluding ortho intramolecular Hbond substituents is 1. The van der Waals surface area contributed by atoms with Crippen LogP contribution in [0.2, 0.25) is 5.02 Å². The number of ketones is 1. The fourth-order valence-corrected chi connectivity index (χ4v) is 4.04. The summed E-state index contributed by atoms with van der Waals surface area (Å²) in [5.41, 5.74) is 0.270. The van der Waals surface area contributed by atoms with E-state index >= 15 is 0 Å². The molecule has 0 spiro atoms. The van der Waals surface area contributed by atoms with Crippen molar-refractivity contribution < 1.29 is 38.1 Å². The normalized spacial score (nSPS) is 16.6. The van der Waals surface area contributed by atoms with Crippen LogP contribution in [0.1, 0.15) is 36.6 Å². The minimum Gasteiger partial charge on any atom is -0.508 e. The zero-order valence-electron chi connectivity index (χ0n) is 20.2. The predicted molar refractivity (Wildman–Crippen MR) is 135 cm³/mol. The molecule has 3 N–H and O–H groups in total. The lowest BCUT2D eigenvalue weighted by Crippen LogP contribution is -2.44. The number of hydrogen-bond donors (Lipinski definition) is 3. The van der Waals surface area contributed by atoms with Crippen molar-refractivity contribution in [1.29, 1.82) is 0 Å². The molecule has 4 rings (SSSR count). The maximum atomic E-state index is 14.7. The van der Waals surface area contributed by atoms with Crippen LogP contribution in [0.4, 0.5) is 4.39 Å². The van der Waals surface area contributed by atoms with Gasteiger partial charge in [-0.1, -0.05) is 23.7 Å². The largest absolute Gasteiger partial charge is 0.508 e. The van der Waals surface area contributed by atoms with E-state index in [4.69, 9.17) is 25.8 Å². The smallest absolute Gasteiger partial charge is 0.338 e. The molecule has 1 fully saturated rings. The van der Waals surface area contributed by atoms with Crippen molar-refractivity contribution >= 4 is 29.3 Å². The van der Waals surface area contributed by atoms with Crippen LogP contribution in [0.5, 0.6) is 11.5 Å². The van der Waals surface area contributed by atoms with Crippen molar-refractivity contribution in [3.05, 3.63) is 93.8 Å². The van der Waals surface area contributed by atoms with Crippen LogP contribution in [-0.2, 0) is 9.47 Å². The topological polar surface area (TPSA) is 123 Å². The fraction of sp³-hybridized carbons (Fsp3) is 0.222. The first-order chi connectivity index (χ1) is 18.3. The summed E-state index contributed by atoms with van der Waals surface area (Å²) < 4.78 is 30.5. The molecule has 198 valence electrons. The van der Waals surface area contributed by atoms with Gasteiger partial charge in [-0.2, -0.15) is 0 Å². The number of ether oxygens (including phenoxy) is 3. The molecule has 2 atom stereocenters. The molecule has 1 amide bonds. The number of phenols is 1. The second-order valence-electron chi connectivity index (χ2n) is 8.42. The van der Waals surface area contributed by atoms with Crippen molar-refractivity contribution in [3.63, 3.8) is 0 Å². The Labute approximate surface area is 222 Å². The molecule has 1 saturated heterocycles. The monoisotopic (exact) mass is 542 g/mol. The number of carbonyl (C=O) groups excluding carboxylic acids is 3. The summed E-state index contributed by atoms with van der Waals surface area (Å²) in [7, 11) is 1.39. The van der Waals surface area contributed by atoms with Crippen LogP contribution in [0, 0.1) is 5.82 Å². The Bertz CT molecular complexity index is 1330. The van der Waals surface area contributed by atoms with Crippen molar-refractivity contribution in [2.45, 2.75) is 12.1 Å². The summed E-state index contributed by atoms with van der Waals surface area (Å²) in [5.74, 6) is -2.63. The zero-order chi connectivity index (χ0) is 27.2. The standard InChI is InChI=1S/C27H24ClFN2O7/c1-36-14-37-21-11-10-19(28)24(29)23(21)25(33)15-2-4-17(5-3-15)27(35)38-22-13-30-12-20(22)31-26(34)16-6-8-18(32)9-7-16/h2-11,20,22,30,32H,12-14H2,1H3,(H,31,34). The highest BCUT2D eigenvalue weighted by Gasteiger charge is 2.32. The molecule has 9 nitrogen and oxygen atoms in total. The third-order valence-electron chi connectivity index (χ3n) is 5.86. The van der Waals surface area contributed by atoms with Gasteiger partial charge in [0.2, 0.25) is 0 Å². The Morgan fingerprint density at radius 2 is 1.66 bits per heavy atom. The summed E-state index contributed by atoms with van der Waals surface area (Å²) in [6.07, 6.45) is -0.633. The lowest BCUT2D eigenvalue weighted by molar-refractivity contribution is 0.0283. The minimum atomic E-state index is -0.928. The number of halogens is 2. The van der Waals surface area contributed by atoms with Gasteiger partial charge >= 0.3 is 5.97 Å². The van der Waals surface area contributed by atoms with Gasteiger partial charge in [0.15, 0.2) is 18.4 Å². The molecular formula is C27H24ClFN2O7. The maximum Gasteiger partial charge on any atom is 0.338 e. The molecule has 11 heteroatoms. The summed E-state index contributed by atoms with van der Waals surface area (Å²) in [6.45, 7) is 0.535. The molecular weight excluding hydrogens is 519 g/mol. The summed E-state index contributed by atoms with van der Waals surface area (Å²) in [4.78, 5) is 38.3. The molecule has 2 unspecified atom stereocenters. The Morgan fingerprint density at radius 1 is 1.00 bits per heavy atom. The molecule has 3 aromatic rings. The molecule has 0 bridgehead atoms. The van der Waals surface area contributed by atoms with E-state index in [0.717, 1.165) is 0 Å². The van der Waals surface area contributed by atoms with Gasteiger partial charge in [0.1, 0.15) is 23.2 Å². The third kappa shape index (κ3) is 6.10. The lowest BCUT2D eigenvalue weighted by atomic mass is 10.0. The highest BCUT2D eigenvalue weighted by atomic mass is 35.5. The number of benzene rings is 3. The molecule has 0 aromatic heterocycles. The summed E-state index contributed by atoms with van der Waals surface area (Å²) in [5, 5.41) is 15.0. The third-order valence-corrected chi connectivity index (χ3v) is 6.15. The number of nitrogens with one attached hydrogen (secondary N) is 2. The van der Waals surface area contributed by atoms with E-state index in [1.807, 2.05) is 0 Å². The van der Waals surface area contributed by atoms with E-state index in [0.29, 0.717) is 18.7 Å². The highest BCUT2D eigenvalue weighted by Crippen LogP contribution is 2.30. The van der Waals surface area contributed by atoms with Gasteiger partial charge in [-0.3, -0.25) is 9.59 Å². The quantitative estimate of drug-likeness (QED) is 0.214. The van der Waals surface area contributed by atoms with E-state index in [1.54, 1.807) is 0 Å². The summed E-state index contributed by atoms with van der Waals surface area (Å²) >= 11 is 5.87. The van der Waals surface area contributed by atoms with Crippen molar-refractivity contribution in [2.24, 2.45) is 0 Å². The average molecular weight is 543 g/mol. The molecule has 1 heterocycles. The number of esters is 1. The number of amides is 1. The summed E-state index contributed by atoms with van der Waals surface area (Å²) in [6, 6.07) is 13.5. The number of rotatable bonds is 9. The van der Waals surface area contributed by atoms with E-state index in [1.165, 1.54) is 67.8 Å². The Hall–Kier alpha value is -3.99. The molecule has 0 radical (unpaired) electrons. The molecule has 38 heavy (non-hydrogen) atoms. The fourth-order valence-electron chi connectivity index (χ4n) is 3.88. The number of methoxy groups -OCH3 is 1. The van der Waals surface area contributed by atoms with E-state index in [9.17, 15) is 23.9 Å². The van der Waals surface area contributed by atoms with Crippen molar-refractivity contribution in [3.8, 4) is 11.5 Å². The second kappa shape index (κ2) is 12.0. The molecule has 3 aromatic carbocycles. The van der Waals surface area contributed by atoms with Gasteiger partial charge < -0.3 is 30.0 Å². The van der Waals surface area contributed by atoms with Gasteiger partial charge in [0.25, 0.3) is 5.91 Å². The van der Waals surface area contributed by atoms with Crippen LogP contribution in [0.25, 0.3) is 0 Å². The average Bonchev–Trinajstić information content (AvgIpc) is 3.35. The number of hydrogen-bond acceptors (Lipinski definition) is 8. The van der Waals surface area contributed by atoms with Gasteiger partial charge in [0.05, 0.1) is 16.6 Å². The van der Waals surface area contributed by atoms with Crippen molar-refractivity contribution in [1.82, 2.24) is 10.6 Å². The highest BCUT2D eigenvalue weighted by molar-refractivity contribution is 6.31. The van der Waals surface area contributed by atoms with Crippen LogP contribution in [-0.4, -0.2) is 61.9 Å². The SMILES string of the molecule is COCOc1ccc(Cl)c(F)c1C(=O)c1ccc(C(=O)OC2CNCC2NC(=O)c2ccc(O)cc2)cc1. The van der Waals surface area contributed by atoms with Crippen molar-refractivity contribution in [2.75, 3.05) is 27.0 Å². The predicted octanol–water partition coefficient (Wildman–Crippen LogP) is 3.33. The van der Waals surface area contributed by atoms with E-state index < -0.39 is 29.7 Å². The van der Waals surface area contributed by atoms with Crippen LogP contribution >= 0.6 is 11.6 Å². The number of aromatic hydroxyl groups is 1. The lowest BCUT2D eigenvalue weighted by Gasteiger charge is -2.20. The molecule has 1 aliphatic heterocycles. The Kier molecular flexibility index (Phi) is 8.57. The van der Waals surface area contributed by atoms with Gasteiger partial charge in [-0.05, 0) is 48.5 Å². The second-order valence-corrected chi connectivity index (χ2v) is 8.83. The molecule has 1 aliphatic rings. The first-order valence-electron chi connectivity index (χ1n) is 11.5. The van der Waals surface area contributed by atoms with Gasteiger partial charge in [-0.25, -0.2) is 9.18 Å². The Balaban J connectivity index is 1.43. The maximum absolute atomic E-state index is 14.7.